The summed E-state index contributed by atoms with van der Waals surface area (Å²) in [7, 11) is 0. The number of hydrogen-bond acceptors (Lipinski definition) is 4. The number of rotatable bonds is 3. The van der Waals surface area contributed by atoms with Crippen molar-refractivity contribution in [2.24, 2.45) is 23.7 Å². The first-order chi connectivity index (χ1) is 8.83. The second kappa shape index (κ2) is 3.21. The molecule has 0 saturated heterocycles. The van der Waals surface area contributed by atoms with Crippen LogP contribution < -0.4 is 11.1 Å². The number of hydrogen-bond donors (Lipinski definition) is 2. The lowest BCUT2D eigenvalue weighted by Gasteiger charge is -2.11. The van der Waals surface area contributed by atoms with E-state index in [9.17, 15) is 0 Å². The highest BCUT2D eigenvalue weighted by Gasteiger charge is 2.65. The number of anilines is 2. The van der Waals surface area contributed by atoms with Crippen molar-refractivity contribution in [3.05, 3.63) is 5.56 Å². The Morgan fingerprint density at radius 2 is 1.83 bits per heavy atom. The summed E-state index contributed by atoms with van der Waals surface area (Å²) in [5.41, 5.74) is 7.37. The summed E-state index contributed by atoms with van der Waals surface area (Å²) in [6.07, 6.45) is 7.11. The highest BCUT2D eigenvalue weighted by Crippen LogP contribution is 2.66. The van der Waals surface area contributed by atoms with E-state index in [1.54, 1.807) is 11.5 Å². The van der Waals surface area contributed by atoms with Gasteiger partial charge in [0.1, 0.15) is 10.8 Å². The molecule has 96 valence electrons. The van der Waals surface area contributed by atoms with E-state index in [4.69, 9.17) is 5.73 Å². The molecule has 4 aliphatic carbocycles. The van der Waals surface area contributed by atoms with Crippen LogP contribution in [-0.2, 0) is 0 Å². The quantitative estimate of drug-likeness (QED) is 0.879. The van der Waals surface area contributed by atoms with Crippen LogP contribution in [0.15, 0.2) is 0 Å². The molecule has 4 atom stereocenters. The highest BCUT2D eigenvalue weighted by atomic mass is 32.1. The molecular formula is C14H19N3S. The zero-order valence-corrected chi connectivity index (χ0v) is 11.2. The van der Waals surface area contributed by atoms with Crippen LogP contribution in [0.2, 0.25) is 0 Å². The average Bonchev–Trinajstić information content (AvgIpc) is 3.21. The van der Waals surface area contributed by atoms with Gasteiger partial charge in [0.25, 0.3) is 0 Å². The minimum Gasteiger partial charge on any atom is -0.383 e. The SMILES string of the molecule is Nc1nsc(NC2C3C4CCC(C4)C23)c1C1CC1. The van der Waals surface area contributed by atoms with Crippen molar-refractivity contribution in [3.63, 3.8) is 0 Å². The third kappa shape index (κ3) is 1.22. The Kier molecular flexibility index (Phi) is 1.80. The number of aromatic nitrogens is 1. The normalized spacial score (nSPS) is 44.1. The van der Waals surface area contributed by atoms with Crippen LogP contribution >= 0.6 is 11.5 Å². The minimum atomic E-state index is 0.710. The van der Waals surface area contributed by atoms with Gasteiger partial charge in [0.05, 0.1) is 0 Å². The van der Waals surface area contributed by atoms with E-state index in [1.807, 2.05) is 0 Å². The third-order valence-corrected chi connectivity index (χ3v) is 6.58. The lowest BCUT2D eigenvalue weighted by Crippen LogP contribution is -2.12. The molecule has 2 bridgehead atoms. The molecule has 5 rings (SSSR count). The maximum Gasteiger partial charge on any atom is 0.142 e. The van der Waals surface area contributed by atoms with E-state index in [0.29, 0.717) is 5.92 Å². The summed E-state index contributed by atoms with van der Waals surface area (Å²) in [6.45, 7) is 0. The van der Waals surface area contributed by atoms with Gasteiger partial charge in [0, 0.05) is 11.6 Å². The van der Waals surface area contributed by atoms with E-state index in [2.05, 4.69) is 9.69 Å². The second-order valence-corrected chi connectivity index (χ2v) is 7.52. The Bertz CT molecular complexity index is 491. The van der Waals surface area contributed by atoms with Crippen molar-refractivity contribution in [3.8, 4) is 0 Å². The summed E-state index contributed by atoms with van der Waals surface area (Å²) in [6, 6.07) is 0.758. The molecular weight excluding hydrogens is 242 g/mol. The Labute approximate surface area is 111 Å². The van der Waals surface area contributed by atoms with Crippen molar-refractivity contribution < 1.29 is 0 Å². The molecule has 0 spiro atoms. The van der Waals surface area contributed by atoms with E-state index < -0.39 is 0 Å². The van der Waals surface area contributed by atoms with Crippen LogP contribution in [0.3, 0.4) is 0 Å². The van der Waals surface area contributed by atoms with Gasteiger partial charge in [-0.15, -0.1) is 0 Å². The van der Waals surface area contributed by atoms with Gasteiger partial charge in [0.15, 0.2) is 0 Å². The van der Waals surface area contributed by atoms with Crippen LogP contribution in [0.25, 0.3) is 0 Å². The Morgan fingerprint density at radius 3 is 2.50 bits per heavy atom. The predicted molar refractivity (Wildman–Crippen MR) is 73.7 cm³/mol. The van der Waals surface area contributed by atoms with Crippen molar-refractivity contribution in [1.29, 1.82) is 0 Å². The largest absolute Gasteiger partial charge is 0.383 e. The molecule has 3 N–H and O–H groups in total. The standard InChI is InChI=1S/C14H19N3S/c15-13-11(6-1-2-6)14(18-17-13)16-12-9-7-3-4-8(5-7)10(9)12/h6-10,12,16H,1-5H2,(H2,15,17). The molecule has 0 aromatic carbocycles. The number of nitrogen functional groups attached to an aromatic ring is 1. The topological polar surface area (TPSA) is 50.9 Å². The zero-order valence-electron chi connectivity index (χ0n) is 10.4. The monoisotopic (exact) mass is 261 g/mol. The van der Waals surface area contributed by atoms with Gasteiger partial charge in [-0.05, 0) is 73.2 Å². The summed E-state index contributed by atoms with van der Waals surface area (Å²) < 4.78 is 4.36. The number of nitrogens with two attached hydrogens (primary N) is 1. The van der Waals surface area contributed by atoms with E-state index >= 15 is 0 Å². The van der Waals surface area contributed by atoms with Crippen molar-refractivity contribution in [2.75, 3.05) is 11.1 Å². The fourth-order valence-electron chi connectivity index (χ4n) is 4.85. The number of nitrogens with zero attached hydrogens (tertiary/aromatic N) is 1. The number of nitrogens with one attached hydrogen (secondary N) is 1. The van der Waals surface area contributed by atoms with Gasteiger partial charge in [-0.3, -0.25) is 0 Å². The Balaban J connectivity index is 1.39. The Hall–Kier alpha value is -0.770. The lowest BCUT2D eigenvalue weighted by atomic mass is 10.0. The maximum absolute atomic E-state index is 6.02. The Morgan fingerprint density at radius 1 is 1.11 bits per heavy atom. The van der Waals surface area contributed by atoms with E-state index in [0.717, 1.165) is 35.5 Å². The first-order valence-corrected chi connectivity index (χ1v) is 8.12. The predicted octanol–water partition coefficient (Wildman–Crippen LogP) is 3.06. The van der Waals surface area contributed by atoms with Crippen molar-refractivity contribution in [2.45, 2.75) is 44.1 Å². The molecule has 4 aliphatic rings. The molecule has 1 heterocycles. The van der Waals surface area contributed by atoms with E-state index in [-0.39, 0.29) is 0 Å². The first-order valence-electron chi connectivity index (χ1n) is 7.34. The van der Waals surface area contributed by atoms with Gasteiger partial charge >= 0.3 is 0 Å². The zero-order chi connectivity index (χ0) is 11.9. The summed E-state index contributed by atoms with van der Waals surface area (Å²) in [5.74, 6) is 5.54. The molecule has 0 amide bonds. The van der Waals surface area contributed by atoms with Gasteiger partial charge in [-0.1, -0.05) is 0 Å². The van der Waals surface area contributed by atoms with Gasteiger partial charge in [0.2, 0.25) is 0 Å². The molecule has 3 nitrogen and oxygen atoms in total. The molecule has 0 aliphatic heterocycles. The van der Waals surface area contributed by atoms with Crippen LogP contribution in [0, 0.1) is 23.7 Å². The summed E-state index contributed by atoms with van der Waals surface area (Å²) in [4.78, 5) is 0. The summed E-state index contributed by atoms with van der Waals surface area (Å²) in [5, 5.41) is 5.11. The molecule has 1 aromatic rings. The molecule has 4 fully saturated rings. The van der Waals surface area contributed by atoms with Gasteiger partial charge in [-0.25, -0.2) is 0 Å². The molecule has 4 heteroatoms. The summed E-state index contributed by atoms with van der Waals surface area (Å²) >= 11 is 1.59. The first kappa shape index (κ1) is 10.1. The molecule has 1 aromatic heterocycles. The smallest absolute Gasteiger partial charge is 0.142 e. The lowest BCUT2D eigenvalue weighted by molar-refractivity contribution is 0.456. The van der Waals surface area contributed by atoms with Crippen LogP contribution in [0.1, 0.15) is 43.6 Å². The van der Waals surface area contributed by atoms with Crippen molar-refractivity contribution in [1.82, 2.24) is 4.37 Å². The van der Waals surface area contributed by atoms with Crippen LogP contribution in [-0.4, -0.2) is 10.4 Å². The molecule has 0 radical (unpaired) electrons. The van der Waals surface area contributed by atoms with Crippen molar-refractivity contribution >= 4 is 22.4 Å². The fraction of sp³-hybridized carbons (Fsp3) is 0.786. The van der Waals surface area contributed by atoms with Gasteiger partial charge in [-0.2, -0.15) is 4.37 Å². The molecule has 18 heavy (non-hydrogen) atoms. The maximum atomic E-state index is 6.02. The highest BCUT2D eigenvalue weighted by molar-refractivity contribution is 7.10. The molecule has 4 unspecified atom stereocenters. The van der Waals surface area contributed by atoms with Gasteiger partial charge < -0.3 is 11.1 Å². The van der Waals surface area contributed by atoms with Crippen LogP contribution in [0.4, 0.5) is 10.8 Å². The fourth-order valence-corrected chi connectivity index (χ4v) is 5.70. The van der Waals surface area contributed by atoms with E-state index in [1.165, 1.54) is 42.7 Å². The average molecular weight is 261 g/mol. The minimum absolute atomic E-state index is 0.710. The third-order valence-electron chi connectivity index (χ3n) is 5.77. The molecule has 4 saturated carbocycles. The second-order valence-electron chi connectivity index (χ2n) is 6.74. The van der Waals surface area contributed by atoms with Crippen LogP contribution in [0.5, 0.6) is 0 Å². The number of fused-ring (bicyclic) bond motifs is 5.